The van der Waals surface area contributed by atoms with Gasteiger partial charge in [-0.3, -0.25) is 4.79 Å². The smallest absolute Gasteiger partial charge is 0.306 e. The fraction of sp³-hybridized carbons (Fsp3) is 0.857. The lowest BCUT2D eigenvalue weighted by Crippen LogP contribution is -2.15. The summed E-state index contributed by atoms with van der Waals surface area (Å²) in [6.07, 6.45) is 1.22. The van der Waals surface area contributed by atoms with Crippen molar-refractivity contribution in [3.05, 3.63) is 0 Å². The Bertz CT molecular complexity index is 112. The fourth-order valence-corrected chi connectivity index (χ4v) is 1.05. The highest BCUT2D eigenvalue weighted by Gasteiger charge is 2.16. The highest BCUT2D eigenvalue weighted by atomic mass is 35.5. The Hall–Kier alpha value is -0.240. The van der Waals surface area contributed by atoms with Gasteiger partial charge in [0.2, 0.25) is 0 Å². The van der Waals surface area contributed by atoms with Gasteiger partial charge in [0.1, 0.15) is 0 Å². The van der Waals surface area contributed by atoms with Crippen LogP contribution in [0.1, 0.15) is 26.7 Å². The van der Waals surface area contributed by atoms with E-state index >= 15 is 0 Å². The van der Waals surface area contributed by atoms with Gasteiger partial charge in [0.25, 0.3) is 0 Å². The van der Waals surface area contributed by atoms with Gasteiger partial charge in [-0.2, -0.15) is 0 Å². The minimum atomic E-state index is -0.741. The molecule has 1 N–H and O–H groups in total. The molecule has 0 fully saturated rings. The molecule has 0 aromatic rings. The lowest BCUT2D eigenvalue weighted by Gasteiger charge is -2.09. The van der Waals surface area contributed by atoms with Crippen molar-refractivity contribution in [3.63, 3.8) is 0 Å². The van der Waals surface area contributed by atoms with Gasteiger partial charge in [0, 0.05) is 5.38 Å². The molecule has 2 nitrogen and oxygen atoms in total. The summed E-state index contributed by atoms with van der Waals surface area (Å²) in [7, 11) is 0. The molecule has 0 radical (unpaired) electrons. The van der Waals surface area contributed by atoms with E-state index in [0.717, 1.165) is 0 Å². The van der Waals surface area contributed by atoms with E-state index in [1.807, 2.05) is 13.8 Å². The molecule has 0 heterocycles. The van der Waals surface area contributed by atoms with Crippen LogP contribution in [-0.2, 0) is 4.79 Å². The first-order chi connectivity index (χ1) is 4.57. The predicted octanol–water partition coefficient (Wildman–Crippen LogP) is 2.11. The Morgan fingerprint density at radius 2 is 2.20 bits per heavy atom. The van der Waals surface area contributed by atoms with Crippen molar-refractivity contribution in [1.29, 1.82) is 0 Å². The van der Waals surface area contributed by atoms with Crippen molar-refractivity contribution in [2.75, 3.05) is 0 Å². The third-order valence-corrected chi connectivity index (χ3v) is 1.63. The number of carboxylic acids is 1. The summed E-state index contributed by atoms with van der Waals surface area (Å²) in [5.74, 6) is -1.01. The van der Waals surface area contributed by atoms with E-state index in [2.05, 4.69) is 0 Å². The molecule has 0 spiro atoms. The first-order valence-electron chi connectivity index (χ1n) is 3.44. The molecule has 0 aliphatic rings. The molecule has 2 unspecified atom stereocenters. The first-order valence-corrected chi connectivity index (χ1v) is 3.88. The number of hydrogen-bond donors (Lipinski definition) is 1. The maximum absolute atomic E-state index is 10.4. The number of halogens is 1. The monoisotopic (exact) mass is 164 g/mol. The largest absolute Gasteiger partial charge is 0.481 e. The van der Waals surface area contributed by atoms with Crippen LogP contribution < -0.4 is 0 Å². The maximum atomic E-state index is 10.4. The lowest BCUT2D eigenvalue weighted by molar-refractivity contribution is -0.142. The third-order valence-electron chi connectivity index (χ3n) is 1.45. The molecule has 0 saturated carbocycles. The fourth-order valence-electron chi connectivity index (χ4n) is 0.834. The molecular weight excluding hydrogens is 152 g/mol. The summed E-state index contributed by atoms with van der Waals surface area (Å²) >= 11 is 5.63. The Morgan fingerprint density at radius 3 is 2.30 bits per heavy atom. The average molecular weight is 165 g/mol. The van der Waals surface area contributed by atoms with E-state index in [9.17, 15) is 4.79 Å². The predicted molar refractivity (Wildman–Crippen MR) is 41.3 cm³/mol. The van der Waals surface area contributed by atoms with Crippen LogP contribution in [0.5, 0.6) is 0 Å². The average Bonchev–Trinajstić information content (AvgIpc) is 1.81. The lowest BCUT2D eigenvalue weighted by atomic mass is 10.0. The molecule has 0 amide bonds. The number of rotatable bonds is 4. The molecule has 10 heavy (non-hydrogen) atoms. The zero-order valence-corrected chi connectivity index (χ0v) is 7.06. The molecule has 0 aliphatic carbocycles. The number of hydrogen-bond acceptors (Lipinski definition) is 1. The molecule has 60 valence electrons. The van der Waals surface area contributed by atoms with E-state index in [4.69, 9.17) is 16.7 Å². The van der Waals surface area contributed by atoms with Gasteiger partial charge < -0.3 is 5.11 Å². The van der Waals surface area contributed by atoms with Crippen molar-refractivity contribution in [1.82, 2.24) is 0 Å². The van der Waals surface area contributed by atoms with Gasteiger partial charge in [-0.25, -0.2) is 0 Å². The number of carboxylic acid groups (broad SMARTS) is 1. The molecule has 2 atom stereocenters. The van der Waals surface area contributed by atoms with Crippen LogP contribution in [0.15, 0.2) is 0 Å². The van der Waals surface area contributed by atoms with Crippen LogP contribution in [0.3, 0.4) is 0 Å². The standard InChI is InChI=1S/C7H13ClO2/c1-3-6(7(9)10)4-5(2)8/h5-6H,3-4H2,1-2H3,(H,9,10). The molecule has 0 aromatic heterocycles. The summed E-state index contributed by atoms with van der Waals surface area (Å²) in [4.78, 5) is 10.4. The number of carbonyl (C=O) groups is 1. The molecular formula is C7H13ClO2. The molecule has 0 saturated heterocycles. The zero-order valence-electron chi connectivity index (χ0n) is 6.30. The van der Waals surface area contributed by atoms with Crippen molar-refractivity contribution < 1.29 is 9.90 Å². The summed E-state index contributed by atoms with van der Waals surface area (Å²) in [6.45, 7) is 3.67. The van der Waals surface area contributed by atoms with Gasteiger partial charge in [-0.1, -0.05) is 6.92 Å². The van der Waals surface area contributed by atoms with Crippen molar-refractivity contribution in [2.45, 2.75) is 32.1 Å². The van der Waals surface area contributed by atoms with Gasteiger partial charge in [0.05, 0.1) is 5.92 Å². The van der Waals surface area contributed by atoms with Gasteiger partial charge >= 0.3 is 5.97 Å². The Balaban J connectivity index is 3.72. The minimum absolute atomic E-state index is 0.0407. The second-order valence-corrected chi connectivity index (χ2v) is 3.20. The zero-order chi connectivity index (χ0) is 8.15. The van der Waals surface area contributed by atoms with Crippen LogP contribution in [-0.4, -0.2) is 16.5 Å². The number of alkyl halides is 1. The minimum Gasteiger partial charge on any atom is -0.481 e. The second-order valence-electron chi connectivity index (χ2n) is 2.46. The summed E-state index contributed by atoms with van der Waals surface area (Å²) < 4.78 is 0. The molecule has 0 bridgehead atoms. The number of aliphatic carboxylic acids is 1. The van der Waals surface area contributed by atoms with Gasteiger partial charge in [-0.05, 0) is 19.8 Å². The highest BCUT2D eigenvalue weighted by molar-refractivity contribution is 6.20. The van der Waals surface area contributed by atoms with Crippen LogP contribution in [0, 0.1) is 5.92 Å². The van der Waals surface area contributed by atoms with E-state index < -0.39 is 5.97 Å². The Labute approximate surface area is 66.2 Å². The maximum Gasteiger partial charge on any atom is 0.306 e. The van der Waals surface area contributed by atoms with E-state index in [1.165, 1.54) is 0 Å². The summed E-state index contributed by atoms with van der Waals surface area (Å²) in [6, 6.07) is 0. The van der Waals surface area contributed by atoms with Crippen LogP contribution in [0.2, 0.25) is 0 Å². The second kappa shape index (κ2) is 4.56. The van der Waals surface area contributed by atoms with Crippen LogP contribution in [0.25, 0.3) is 0 Å². The third kappa shape index (κ3) is 3.72. The van der Waals surface area contributed by atoms with Crippen LogP contribution >= 0.6 is 11.6 Å². The SMILES string of the molecule is CCC(CC(C)Cl)C(=O)O. The first kappa shape index (κ1) is 9.76. The molecule has 0 aromatic carbocycles. The Kier molecular flexibility index (Phi) is 4.45. The van der Waals surface area contributed by atoms with Gasteiger partial charge in [-0.15, -0.1) is 11.6 Å². The topological polar surface area (TPSA) is 37.3 Å². The summed E-state index contributed by atoms with van der Waals surface area (Å²) in [5, 5.41) is 8.52. The molecule has 3 heteroatoms. The molecule has 0 rings (SSSR count). The van der Waals surface area contributed by atoms with E-state index in [-0.39, 0.29) is 11.3 Å². The van der Waals surface area contributed by atoms with Crippen molar-refractivity contribution in [2.24, 2.45) is 5.92 Å². The van der Waals surface area contributed by atoms with Crippen molar-refractivity contribution in [3.8, 4) is 0 Å². The highest BCUT2D eigenvalue weighted by Crippen LogP contribution is 2.14. The quantitative estimate of drug-likeness (QED) is 0.647. The van der Waals surface area contributed by atoms with Crippen LogP contribution in [0.4, 0.5) is 0 Å². The van der Waals surface area contributed by atoms with Crippen molar-refractivity contribution >= 4 is 17.6 Å². The van der Waals surface area contributed by atoms with E-state index in [0.29, 0.717) is 12.8 Å². The summed E-state index contributed by atoms with van der Waals surface area (Å²) in [5.41, 5.74) is 0. The normalized spacial score (nSPS) is 16.3. The van der Waals surface area contributed by atoms with E-state index in [1.54, 1.807) is 0 Å². The Morgan fingerprint density at radius 1 is 1.70 bits per heavy atom. The van der Waals surface area contributed by atoms with Gasteiger partial charge in [0.15, 0.2) is 0 Å². The molecule has 0 aliphatic heterocycles.